The van der Waals surface area contributed by atoms with Gasteiger partial charge in [0.15, 0.2) is 0 Å². The number of hydrogen-bond acceptors (Lipinski definition) is 1. The zero-order chi connectivity index (χ0) is 13.8. The minimum Gasteiger partial charge on any atom is -0.345 e. The highest BCUT2D eigenvalue weighted by molar-refractivity contribution is 6.33. The summed E-state index contributed by atoms with van der Waals surface area (Å²) in [7, 11) is 0. The Bertz CT molecular complexity index is 586. The molecule has 0 aliphatic heterocycles. The lowest BCUT2D eigenvalue weighted by Gasteiger charge is -2.14. The van der Waals surface area contributed by atoms with E-state index < -0.39 is 5.82 Å². The fourth-order valence-electron chi connectivity index (χ4n) is 1.77. The van der Waals surface area contributed by atoms with Crippen molar-refractivity contribution in [2.45, 2.75) is 13.0 Å². The van der Waals surface area contributed by atoms with Crippen LogP contribution in [0.4, 0.5) is 4.39 Å². The summed E-state index contributed by atoms with van der Waals surface area (Å²) >= 11 is 5.85. The number of halogens is 2. The molecule has 0 aliphatic carbocycles. The van der Waals surface area contributed by atoms with Crippen molar-refractivity contribution in [1.29, 1.82) is 0 Å². The largest absolute Gasteiger partial charge is 0.345 e. The Balaban J connectivity index is 2.13. The molecule has 0 saturated carbocycles. The maximum atomic E-state index is 12.9. The first-order chi connectivity index (χ1) is 9.08. The van der Waals surface area contributed by atoms with Gasteiger partial charge in [-0.2, -0.15) is 0 Å². The van der Waals surface area contributed by atoms with Gasteiger partial charge >= 0.3 is 0 Å². The summed E-state index contributed by atoms with van der Waals surface area (Å²) in [5, 5.41) is 2.94. The Morgan fingerprint density at radius 2 is 1.89 bits per heavy atom. The van der Waals surface area contributed by atoms with E-state index in [0.29, 0.717) is 0 Å². The van der Waals surface area contributed by atoms with Crippen molar-refractivity contribution in [3.05, 3.63) is 70.5 Å². The van der Waals surface area contributed by atoms with Crippen LogP contribution in [0.3, 0.4) is 0 Å². The van der Waals surface area contributed by atoms with Crippen LogP contribution in [0.15, 0.2) is 48.5 Å². The van der Waals surface area contributed by atoms with Crippen LogP contribution < -0.4 is 5.32 Å². The van der Waals surface area contributed by atoms with E-state index in [4.69, 9.17) is 11.6 Å². The number of nitrogens with one attached hydrogen (secondary N) is 1. The molecule has 0 radical (unpaired) electrons. The Kier molecular flexibility index (Phi) is 4.17. The minimum absolute atomic E-state index is 0.109. The lowest BCUT2D eigenvalue weighted by molar-refractivity contribution is 0.0940. The van der Waals surface area contributed by atoms with Crippen LogP contribution >= 0.6 is 11.6 Å². The molecule has 4 heteroatoms. The molecule has 2 aromatic rings. The first-order valence-corrected chi connectivity index (χ1v) is 6.26. The van der Waals surface area contributed by atoms with Crippen molar-refractivity contribution in [3.63, 3.8) is 0 Å². The van der Waals surface area contributed by atoms with Gasteiger partial charge in [-0.25, -0.2) is 4.39 Å². The second kappa shape index (κ2) is 5.85. The van der Waals surface area contributed by atoms with Gasteiger partial charge in [-0.3, -0.25) is 4.79 Å². The van der Waals surface area contributed by atoms with Crippen molar-refractivity contribution in [2.75, 3.05) is 0 Å². The van der Waals surface area contributed by atoms with Crippen molar-refractivity contribution < 1.29 is 9.18 Å². The highest BCUT2D eigenvalue weighted by Gasteiger charge is 2.14. The summed E-state index contributed by atoms with van der Waals surface area (Å²) in [6, 6.07) is 13.2. The van der Waals surface area contributed by atoms with Crippen molar-refractivity contribution in [2.24, 2.45) is 0 Å². The van der Waals surface area contributed by atoms with Gasteiger partial charge in [-0.1, -0.05) is 41.9 Å². The molecule has 0 heterocycles. The number of rotatable bonds is 3. The summed E-state index contributed by atoms with van der Waals surface area (Å²) in [6.45, 7) is 1.88. The molecule has 98 valence electrons. The summed E-state index contributed by atoms with van der Waals surface area (Å²) in [6.07, 6.45) is 0. The topological polar surface area (TPSA) is 29.1 Å². The summed E-state index contributed by atoms with van der Waals surface area (Å²) in [5.41, 5.74) is 1.26. The molecule has 2 aromatic carbocycles. The van der Waals surface area contributed by atoms with E-state index in [9.17, 15) is 9.18 Å². The molecule has 0 aliphatic rings. The molecular formula is C15H13ClFNO. The average molecular weight is 278 g/mol. The molecule has 0 bridgehead atoms. The summed E-state index contributed by atoms with van der Waals surface area (Å²) in [5.74, 6) is -0.779. The predicted octanol–water partition coefficient (Wildman–Crippen LogP) is 3.97. The average Bonchev–Trinajstić information content (AvgIpc) is 2.39. The zero-order valence-corrected chi connectivity index (χ0v) is 11.1. The molecule has 1 atom stereocenters. The van der Waals surface area contributed by atoms with Gasteiger partial charge in [0, 0.05) is 0 Å². The molecule has 1 N–H and O–H groups in total. The second-order valence-electron chi connectivity index (χ2n) is 4.23. The van der Waals surface area contributed by atoms with E-state index >= 15 is 0 Å². The smallest absolute Gasteiger partial charge is 0.253 e. The standard InChI is InChI=1S/C15H13ClFNO/c1-10(11-5-3-2-4-6-11)18-15(19)13-8-7-12(17)9-14(13)16/h2-10H,1H3,(H,18,19)/t10-/m1/s1. The van der Waals surface area contributed by atoms with Gasteiger partial charge in [0.1, 0.15) is 5.82 Å². The van der Waals surface area contributed by atoms with Gasteiger partial charge in [-0.05, 0) is 30.7 Å². The molecule has 0 unspecified atom stereocenters. The number of carbonyl (C=O) groups is 1. The minimum atomic E-state index is -0.461. The third-order valence-corrected chi connectivity index (χ3v) is 3.14. The van der Waals surface area contributed by atoms with E-state index in [-0.39, 0.29) is 22.5 Å². The van der Waals surface area contributed by atoms with Gasteiger partial charge in [-0.15, -0.1) is 0 Å². The van der Waals surface area contributed by atoms with E-state index in [1.165, 1.54) is 12.1 Å². The number of amides is 1. The molecule has 1 amide bonds. The van der Waals surface area contributed by atoms with Crippen LogP contribution in [0.5, 0.6) is 0 Å². The molecule has 2 nitrogen and oxygen atoms in total. The predicted molar refractivity (Wildman–Crippen MR) is 73.7 cm³/mol. The highest BCUT2D eigenvalue weighted by atomic mass is 35.5. The van der Waals surface area contributed by atoms with Crippen molar-refractivity contribution in [3.8, 4) is 0 Å². The van der Waals surface area contributed by atoms with Crippen LogP contribution in [-0.4, -0.2) is 5.91 Å². The fourth-order valence-corrected chi connectivity index (χ4v) is 2.03. The number of carbonyl (C=O) groups excluding carboxylic acids is 1. The molecule has 19 heavy (non-hydrogen) atoms. The molecule has 0 saturated heterocycles. The number of benzene rings is 2. The maximum Gasteiger partial charge on any atom is 0.253 e. The highest BCUT2D eigenvalue weighted by Crippen LogP contribution is 2.19. The Hall–Kier alpha value is -1.87. The maximum absolute atomic E-state index is 12.9. The van der Waals surface area contributed by atoms with Gasteiger partial charge < -0.3 is 5.32 Å². The van der Waals surface area contributed by atoms with Gasteiger partial charge in [0.25, 0.3) is 5.91 Å². The van der Waals surface area contributed by atoms with Gasteiger partial charge in [0.05, 0.1) is 16.6 Å². The van der Waals surface area contributed by atoms with Crippen LogP contribution in [0.25, 0.3) is 0 Å². The Morgan fingerprint density at radius 1 is 1.21 bits per heavy atom. The summed E-state index contributed by atoms with van der Waals surface area (Å²) in [4.78, 5) is 12.0. The first kappa shape index (κ1) is 13.6. The van der Waals surface area contributed by atoms with Crippen LogP contribution in [0, 0.1) is 5.82 Å². The third-order valence-electron chi connectivity index (χ3n) is 2.82. The molecule has 0 spiro atoms. The quantitative estimate of drug-likeness (QED) is 0.904. The molecule has 2 rings (SSSR count). The van der Waals surface area contributed by atoms with Crippen LogP contribution in [0.2, 0.25) is 5.02 Å². The molecule has 0 aromatic heterocycles. The normalized spacial score (nSPS) is 11.9. The van der Waals surface area contributed by atoms with E-state index in [1.54, 1.807) is 0 Å². The molecule has 0 fully saturated rings. The first-order valence-electron chi connectivity index (χ1n) is 5.89. The van der Waals surface area contributed by atoms with E-state index in [1.807, 2.05) is 37.3 Å². The second-order valence-corrected chi connectivity index (χ2v) is 4.64. The summed E-state index contributed by atoms with van der Waals surface area (Å²) < 4.78 is 12.9. The van der Waals surface area contributed by atoms with Gasteiger partial charge in [0.2, 0.25) is 0 Å². The molecular weight excluding hydrogens is 265 g/mol. The third kappa shape index (κ3) is 3.32. The Morgan fingerprint density at radius 3 is 2.53 bits per heavy atom. The van der Waals surface area contributed by atoms with Crippen LogP contribution in [-0.2, 0) is 0 Å². The van der Waals surface area contributed by atoms with Crippen molar-refractivity contribution >= 4 is 17.5 Å². The lowest BCUT2D eigenvalue weighted by atomic mass is 10.1. The fraction of sp³-hybridized carbons (Fsp3) is 0.133. The van der Waals surface area contributed by atoms with Crippen LogP contribution in [0.1, 0.15) is 28.9 Å². The monoisotopic (exact) mass is 277 g/mol. The van der Waals surface area contributed by atoms with E-state index in [0.717, 1.165) is 11.6 Å². The Labute approximate surface area is 116 Å². The van der Waals surface area contributed by atoms with Crippen molar-refractivity contribution in [1.82, 2.24) is 5.32 Å². The lowest BCUT2D eigenvalue weighted by Crippen LogP contribution is -2.26. The SMILES string of the molecule is C[C@@H](NC(=O)c1ccc(F)cc1Cl)c1ccccc1. The zero-order valence-electron chi connectivity index (χ0n) is 10.4. The number of hydrogen-bond donors (Lipinski definition) is 1. The van der Waals surface area contributed by atoms with E-state index in [2.05, 4.69) is 5.32 Å².